The van der Waals surface area contributed by atoms with Crippen molar-refractivity contribution < 1.29 is 21.4 Å². The molecule has 47 heavy (non-hydrogen) atoms. The first-order valence-corrected chi connectivity index (χ1v) is 18.4. The van der Waals surface area contributed by atoms with Gasteiger partial charge in [0.2, 0.25) is 10.0 Å². The van der Waals surface area contributed by atoms with Crippen LogP contribution in [0.3, 0.4) is 0 Å². The van der Waals surface area contributed by atoms with Crippen molar-refractivity contribution in [1.29, 1.82) is 0 Å². The Bertz CT molecular complexity index is 1910. The molecule has 0 unspecified atom stereocenters. The Labute approximate surface area is 277 Å². The van der Waals surface area contributed by atoms with Gasteiger partial charge in [0.05, 0.1) is 9.79 Å². The van der Waals surface area contributed by atoms with E-state index in [9.17, 15) is 21.4 Å². The third-order valence-corrected chi connectivity index (χ3v) is 10.1. The predicted octanol–water partition coefficient (Wildman–Crippen LogP) is 6.81. The lowest BCUT2D eigenvalue weighted by Gasteiger charge is -2.26. The Kier molecular flexibility index (Phi) is 10.5. The lowest BCUT2D eigenvalue weighted by atomic mass is 9.85. The van der Waals surface area contributed by atoms with Crippen LogP contribution in [0.2, 0.25) is 0 Å². The van der Waals surface area contributed by atoms with Gasteiger partial charge >= 0.3 is 0 Å². The fourth-order valence-corrected chi connectivity index (χ4v) is 7.21. The van der Waals surface area contributed by atoms with Crippen LogP contribution in [0.15, 0.2) is 137 Å². The van der Waals surface area contributed by atoms with Crippen LogP contribution >= 0.6 is 0 Å². The molecule has 0 bridgehead atoms. The summed E-state index contributed by atoms with van der Waals surface area (Å²) in [6.45, 7) is 7.17. The summed E-state index contributed by atoms with van der Waals surface area (Å²) in [4.78, 5) is 3.55. The first-order valence-electron chi connectivity index (χ1n) is 15.4. The normalized spacial score (nSPS) is 11.9. The highest BCUT2D eigenvalue weighted by molar-refractivity contribution is 7.89. The summed E-state index contributed by atoms with van der Waals surface area (Å²) in [6.07, 6.45) is 0. The Morgan fingerprint density at radius 2 is 1.04 bits per heavy atom. The number of hydrogen-bond acceptors (Lipinski definition) is 6. The van der Waals surface area contributed by atoms with E-state index >= 15 is 0 Å². The fraction of sp³-hybridized carbons (Fsp3) is 0.189. The van der Waals surface area contributed by atoms with E-state index in [1.165, 1.54) is 23.3 Å². The Morgan fingerprint density at radius 3 is 1.40 bits per heavy atom. The highest BCUT2D eigenvalue weighted by Gasteiger charge is 2.27. The fourth-order valence-electron chi connectivity index (χ4n) is 5.84. The summed E-state index contributed by atoms with van der Waals surface area (Å²) in [5.41, 5.74) is 6.11. The molecule has 0 fully saturated rings. The van der Waals surface area contributed by atoms with E-state index in [0.717, 1.165) is 54.7 Å². The third-order valence-electron chi connectivity index (χ3n) is 8.28. The second-order valence-corrected chi connectivity index (χ2v) is 14.3. The van der Waals surface area contributed by atoms with E-state index in [2.05, 4.69) is 47.9 Å². The van der Waals surface area contributed by atoms with Crippen LogP contribution in [0.5, 0.6) is 0 Å². The number of rotatable bonds is 13. The number of nitrogens with zero attached hydrogens (tertiary/aromatic N) is 2. The maximum atomic E-state index is 12.7. The van der Waals surface area contributed by atoms with Gasteiger partial charge < -0.3 is 9.80 Å². The Morgan fingerprint density at radius 1 is 0.617 bits per heavy atom. The number of nitrogens with two attached hydrogens (primary N) is 1. The molecule has 5 aromatic rings. The predicted molar refractivity (Wildman–Crippen MR) is 188 cm³/mol. The van der Waals surface area contributed by atoms with E-state index in [1.54, 1.807) is 0 Å². The van der Waals surface area contributed by atoms with Crippen molar-refractivity contribution in [3.05, 3.63) is 155 Å². The lowest BCUT2D eigenvalue weighted by molar-refractivity contribution is 0.481. The second-order valence-electron chi connectivity index (χ2n) is 11.3. The Hall–Kier alpha value is -4.48. The van der Waals surface area contributed by atoms with Crippen molar-refractivity contribution >= 4 is 31.5 Å². The third kappa shape index (κ3) is 8.28. The van der Waals surface area contributed by atoms with Gasteiger partial charge in [0.25, 0.3) is 10.1 Å². The van der Waals surface area contributed by atoms with Crippen LogP contribution in [0.25, 0.3) is 0 Å². The van der Waals surface area contributed by atoms with Crippen LogP contribution in [0, 0.1) is 0 Å². The monoisotopic (exact) mass is 669 g/mol. The molecule has 8 nitrogen and oxygen atoms in total. The van der Waals surface area contributed by atoms with Gasteiger partial charge in [-0.2, -0.15) is 8.42 Å². The zero-order valence-electron chi connectivity index (χ0n) is 26.4. The van der Waals surface area contributed by atoms with Gasteiger partial charge in [0.1, 0.15) is 0 Å². The molecule has 10 heteroatoms. The molecule has 5 rings (SSSR count). The quantitative estimate of drug-likeness (QED) is 0.104. The first-order chi connectivity index (χ1) is 22.5. The summed E-state index contributed by atoms with van der Waals surface area (Å²) >= 11 is 0. The molecule has 0 spiro atoms. The molecule has 244 valence electrons. The first kappa shape index (κ1) is 33.9. The van der Waals surface area contributed by atoms with Crippen LogP contribution in [0.4, 0.5) is 11.4 Å². The molecule has 0 heterocycles. The summed E-state index contributed by atoms with van der Waals surface area (Å²) in [5, 5.41) is 5.33. The molecule has 0 saturated heterocycles. The lowest BCUT2D eigenvalue weighted by Crippen LogP contribution is -2.22. The van der Waals surface area contributed by atoms with Crippen LogP contribution < -0.4 is 14.9 Å². The van der Waals surface area contributed by atoms with E-state index in [1.807, 2.05) is 84.9 Å². The second kappa shape index (κ2) is 14.5. The van der Waals surface area contributed by atoms with E-state index in [-0.39, 0.29) is 5.56 Å². The molecule has 0 aliphatic carbocycles. The topological polar surface area (TPSA) is 121 Å². The van der Waals surface area contributed by atoms with E-state index in [4.69, 9.17) is 5.14 Å². The zero-order valence-corrected chi connectivity index (χ0v) is 28.0. The number of sulfonamides is 1. The molecule has 5 aromatic carbocycles. The van der Waals surface area contributed by atoms with Gasteiger partial charge in [0.15, 0.2) is 0 Å². The van der Waals surface area contributed by atoms with E-state index in [0.29, 0.717) is 0 Å². The zero-order chi connectivity index (χ0) is 33.6. The largest absolute Gasteiger partial charge is 0.367 e. The molecular weight excluding hydrogens is 631 g/mol. The number of anilines is 2. The summed E-state index contributed by atoms with van der Waals surface area (Å²) < 4.78 is 60.0. The van der Waals surface area contributed by atoms with Crippen molar-refractivity contribution in [1.82, 2.24) is 0 Å². The highest BCUT2D eigenvalue weighted by Crippen LogP contribution is 2.38. The molecule has 0 saturated carbocycles. The smallest absolute Gasteiger partial charge is 0.294 e. The average molecular weight is 670 g/mol. The molecule has 0 aliphatic heterocycles. The van der Waals surface area contributed by atoms with Crippen molar-refractivity contribution in [3.8, 4) is 0 Å². The molecule has 0 aliphatic rings. The number of hydrogen-bond donors (Lipinski definition) is 2. The van der Waals surface area contributed by atoms with Crippen LogP contribution in [0.1, 0.15) is 47.6 Å². The van der Waals surface area contributed by atoms with Gasteiger partial charge in [0, 0.05) is 43.5 Å². The number of primary sulfonamides is 1. The van der Waals surface area contributed by atoms with Gasteiger partial charge in [-0.3, -0.25) is 4.55 Å². The van der Waals surface area contributed by atoms with Gasteiger partial charge in [-0.1, -0.05) is 91.0 Å². The maximum absolute atomic E-state index is 12.7. The Balaban J connectivity index is 1.58. The van der Waals surface area contributed by atoms with Crippen molar-refractivity contribution in [2.45, 2.75) is 42.6 Å². The van der Waals surface area contributed by atoms with Crippen molar-refractivity contribution in [2.75, 3.05) is 22.9 Å². The van der Waals surface area contributed by atoms with Crippen molar-refractivity contribution in [3.63, 3.8) is 0 Å². The van der Waals surface area contributed by atoms with Gasteiger partial charge in [-0.05, 0) is 78.1 Å². The van der Waals surface area contributed by atoms with Crippen molar-refractivity contribution in [2.24, 2.45) is 5.14 Å². The molecule has 3 N–H and O–H groups in total. The maximum Gasteiger partial charge on any atom is 0.294 e. The summed E-state index contributed by atoms with van der Waals surface area (Å²) in [6, 6.07) is 39.7. The summed E-state index contributed by atoms with van der Waals surface area (Å²) in [5.74, 6) is -0.655. The van der Waals surface area contributed by atoms with E-state index < -0.39 is 35.9 Å². The average Bonchev–Trinajstić information content (AvgIpc) is 3.07. The number of benzene rings is 5. The standard InChI is InChI=1S/C37H39N3O5S2/c1-3-39(26-28-11-7-5-8-12-28)32-19-15-30(16-20-32)37(35-24-23-34(46(38,41)42)25-36(35)47(43,44)45)31-17-21-33(22-18-31)40(4-2)27-29-13-9-6-10-14-29/h5-25,37H,3-4,26-27H2,1-2H3,(H2,38,41,42)(H,43,44,45). The molecular formula is C37H39N3O5S2. The molecule has 0 radical (unpaired) electrons. The van der Waals surface area contributed by atoms with Crippen LogP contribution in [-0.2, 0) is 33.2 Å². The summed E-state index contributed by atoms with van der Waals surface area (Å²) in [7, 11) is -9.07. The minimum atomic E-state index is -4.83. The van der Waals surface area contributed by atoms with Gasteiger partial charge in [-0.15, -0.1) is 0 Å². The minimum absolute atomic E-state index is 0.230. The van der Waals surface area contributed by atoms with Crippen LogP contribution in [-0.4, -0.2) is 34.5 Å². The SMILES string of the molecule is CCN(Cc1ccccc1)c1ccc(C(c2ccc(N(CC)Cc3ccccc3)cc2)c2ccc(S(N)(=O)=O)cc2S(=O)(=O)O)cc1. The van der Waals surface area contributed by atoms with Gasteiger partial charge in [-0.25, -0.2) is 13.6 Å². The highest BCUT2D eigenvalue weighted by atomic mass is 32.2. The molecule has 0 amide bonds. The minimum Gasteiger partial charge on any atom is -0.367 e. The molecule has 0 atom stereocenters. The molecule has 0 aromatic heterocycles.